The lowest BCUT2D eigenvalue weighted by molar-refractivity contribution is 0.118. The molecule has 1 aliphatic rings. The number of hydrogen-bond donors (Lipinski definition) is 1. The van der Waals surface area contributed by atoms with Gasteiger partial charge in [0, 0.05) is 18.9 Å². The van der Waals surface area contributed by atoms with Crippen molar-refractivity contribution in [2.75, 3.05) is 13.2 Å². The second kappa shape index (κ2) is 5.01. The van der Waals surface area contributed by atoms with Crippen molar-refractivity contribution in [1.29, 1.82) is 0 Å². The Labute approximate surface area is 93.8 Å². The zero-order valence-electron chi connectivity index (χ0n) is 8.98. The van der Waals surface area contributed by atoms with E-state index in [1.165, 1.54) is 0 Å². The van der Waals surface area contributed by atoms with Crippen molar-refractivity contribution >= 4 is 11.3 Å². The molecule has 5 heteroatoms. The summed E-state index contributed by atoms with van der Waals surface area (Å²) in [5, 5.41) is 10.7. The minimum atomic E-state index is 0.292. The van der Waals surface area contributed by atoms with Crippen LogP contribution in [-0.4, -0.2) is 29.5 Å². The van der Waals surface area contributed by atoms with Gasteiger partial charge in [-0.05, 0) is 26.3 Å². The summed E-state index contributed by atoms with van der Waals surface area (Å²) in [5.74, 6) is 0.453. The predicted octanol–water partition coefficient (Wildman–Crippen LogP) is 1.32. The zero-order valence-corrected chi connectivity index (χ0v) is 9.80. The van der Waals surface area contributed by atoms with Gasteiger partial charge in [-0.25, -0.2) is 0 Å². The molecule has 0 spiro atoms. The molecule has 0 saturated carbocycles. The first kappa shape index (κ1) is 11.0. The number of aromatic nitrogens is 2. The lowest BCUT2D eigenvalue weighted by Crippen LogP contribution is -2.08. The zero-order chi connectivity index (χ0) is 10.7. The first-order valence-electron chi connectivity index (χ1n) is 5.45. The van der Waals surface area contributed by atoms with Crippen LogP contribution in [0.25, 0.3) is 0 Å². The number of aryl methyl sites for hydroxylation is 1. The molecular formula is C10H17N3OS. The summed E-state index contributed by atoms with van der Waals surface area (Å²) < 4.78 is 5.53. The molecular weight excluding hydrogens is 210 g/mol. The molecule has 0 aromatic carbocycles. The van der Waals surface area contributed by atoms with Crippen molar-refractivity contribution in [3.8, 4) is 0 Å². The molecule has 0 bridgehead atoms. The van der Waals surface area contributed by atoms with E-state index in [-0.39, 0.29) is 0 Å². The highest BCUT2D eigenvalue weighted by atomic mass is 32.1. The molecule has 2 atom stereocenters. The Bertz CT molecular complexity index is 315. The summed E-state index contributed by atoms with van der Waals surface area (Å²) in [6.45, 7) is 3.68. The van der Waals surface area contributed by atoms with Crippen LogP contribution < -0.4 is 5.73 Å². The van der Waals surface area contributed by atoms with E-state index < -0.39 is 0 Å². The standard InChI is InChI=1S/C10H17N3OS/c1-7-8(4-6-14-7)10-13-12-9(15-10)3-2-5-11/h7-8H,2-6,11H2,1H3. The Morgan fingerprint density at radius 3 is 3.07 bits per heavy atom. The molecule has 1 saturated heterocycles. The molecule has 84 valence electrons. The van der Waals surface area contributed by atoms with Crippen LogP contribution in [0.4, 0.5) is 0 Å². The second-order valence-corrected chi connectivity index (χ2v) is 4.99. The number of ether oxygens (including phenoxy) is 1. The molecule has 2 rings (SSSR count). The van der Waals surface area contributed by atoms with E-state index in [0.29, 0.717) is 12.0 Å². The number of nitrogens with zero attached hydrogens (tertiary/aromatic N) is 2. The predicted molar refractivity (Wildman–Crippen MR) is 60.1 cm³/mol. The summed E-state index contributed by atoms with van der Waals surface area (Å²) in [6.07, 6.45) is 3.31. The largest absolute Gasteiger partial charge is 0.378 e. The minimum Gasteiger partial charge on any atom is -0.378 e. The lowest BCUT2D eigenvalue weighted by atomic mass is 10.0. The van der Waals surface area contributed by atoms with Crippen LogP contribution in [0, 0.1) is 0 Å². The van der Waals surface area contributed by atoms with Gasteiger partial charge in [-0.1, -0.05) is 0 Å². The average Bonchev–Trinajstić information content (AvgIpc) is 2.83. The van der Waals surface area contributed by atoms with Crippen molar-refractivity contribution in [3.63, 3.8) is 0 Å². The SMILES string of the molecule is CC1OCCC1c1nnc(CCCN)s1. The van der Waals surface area contributed by atoms with Gasteiger partial charge >= 0.3 is 0 Å². The fourth-order valence-electron chi connectivity index (χ4n) is 1.83. The van der Waals surface area contributed by atoms with Gasteiger partial charge in [0.25, 0.3) is 0 Å². The minimum absolute atomic E-state index is 0.292. The normalized spacial score (nSPS) is 26.0. The molecule has 15 heavy (non-hydrogen) atoms. The maximum atomic E-state index is 5.53. The second-order valence-electron chi connectivity index (χ2n) is 3.90. The van der Waals surface area contributed by atoms with Crippen LogP contribution in [-0.2, 0) is 11.2 Å². The third-order valence-electron chi connectivity index (χ3n) is 2.77. The van der Waals surface area contributed by atoms with Crippen LogP contribution in [0.2, 0.25) is 0 Å². The molecule has 2 N–H and O–H groups in total. The van der Waals surface area contributed by atoms with Crippen molar-refractivity contribution in [2.24, 2.45) is 5.73 Å². The van der Waals surface area contributed by atoms with Crippen molar-refractivity contribution < 1.29 is 4.74 Å². The van der Waals surface area contributed by atoms with Crippen LogP contribution in [0.15, 0.2) is 0 Å². The third kappa shape index (κ3) is 2.53. The van der Waals surface area contributed by atoms with E-state index in [2.05, 4.69) is 17.1 Å². The van der Waals surface area contributed by atoms with Gasteiger partial charge in [0.2, 0.25) is 0 Å². The Morgan fingerprint density at radius 2 is 2.40 bits per heavy atom. The quantitative estimate of drug-likeness (QED) is 0.842. The van der Waals surface area contributed by atoms with Crippen molar-refractivity contribution in [3.05, 3.63) is 10.0 Å². The molecule has 4 nitrogen and oxygen atoms in total. The van der Waals surface area contributed by atoms with Crippen LogP contribution in [0.1, 0.15) is 35.7 Å². The van der Waals surface area contributed by atoms with E-state index in [0.717, 1.165) is 42.4 Å². The first-order chi connectivity index (χ1) is 7.31. The van der Waals surface area contributed by atoms with Crippen LogP contribution in [0.3, 0.4) is 0 Å². The van der Waals surface area contributed by atoms with E-state index >= 15 is 0 Å². The Balaban J connectivity index is 1.99. The smallest absolute Gasteiger partial charge is 0.123 e. The van der Waals surface area contributed by atoms with Gasteiger partial charge in [0.05, 0.1) is 6.10 Å². The monoisotopic (exact) mass is 227 g/mol. The van der Waals surface area contributed by atoms with Gasteiger partial charge in [-0.3, -0.25) is 0 Å². The van der Waals surface area contributed by atoms with Crippen LogP contribution in [0.5, 0.6) is 0 Å². The molecule has 1 fully saturated rings. The summed E-state index contributed by atoms with van der Waals surface area (Å²) >= 11 is 1.72. The molecule has 1 aromatic rings. The average molecular weight is 227 g/mol. The van der Waals surface area contributed by atoms with Crippen molar-refractivity contribution in [1.82, 2.24) is 10.2 Å². The summed E-state index contributed by atoms with van der Waals surface area (Å²) in [7, 11) is 0. The molecule has 0 aliphatic carbocycles. The molecule has 0 radical (unpaired) electrons. The molecule has 2 heterocycles. The highest BCUT2D eigenvalue weighted by Gasteiger charge is 2.28. The lowest BCUT2D eigenvalue weighted by Gasteiger charge is -2.08. The Hall–Kier alpha value is -0.520. The van der Waals surface area contributed by atoms with Gasteiger partial charge < -0.3 is 10.5 Å². The van der Waals surface area contributed by atoms with Gasteiger partial charge in [0.1, 0.15) is 10.0 Å². The summed E-state index contributed by atoms with van der Waals surface area (Å²) in [5.41, 5.74) is 5.46. The molecule has 0 amide bonds. The van der Waals surface area contributed by atoms with Gasteiger partial charge in [-0.15, -0.1) is 21.5 Å². The van der Waals surface area contributed by atoms with E-state index in [1.807, 2.05) is 0 Å². The first-order valence-corrected chi connectivity index (χ1v) is 6.27. The number of hydrogen-bond acceptors (Lipinski definition) is 5. The van der Waals surface area contributed by atoms with E-state index in [4.69, 9.17) is 10.5 Å². The van der Waals surface area contributed by atoms with E-state index in [1.54, 1.807) is 11.3 Å². The van der Waals surface area contributed by atoms with Gasteiger partial charge in [-0.2, -0.15) is 0 Å². The van der Waals surface area contributed by atoms with E-state index in [9.17, 15) is 0 Å². The van der Waals surface area contributed by atoms with Crippen LogP contribution >= 0.6 is 11.3 Å². The maximum Gasteiger partial charge on any atom is 0.123 e. The highest BCUT2D eigenvalue weighted by molar-refractivity contribution is 7.11. The maximum absolute atomic E-state index is 5.53. The number of rotatable bonds is 4. The van der Waals surface area contributed by atoms with Crippen molar-refractivity contribution in [2.45, 2.75) is 38.2 Å². The summed E-state index contributed by atoms with van der Waals surface area (Å²) in [4.78, 5) is 0. The molecule has 1 aromatic heterocycles. The number of nitrogens with two attached hydrogens (primary N) is 1. The molecule has 1 aliphatic heterocycles. The Kier molecular flexibility index (Phi) is 3.66. The summed E-state index contributed by atoms with van der Waals surface area (Å²) in [6, 6.07) is 0. The topological polar surface area (TPSA) is 61.0 Å². The molecule has 2 unspecified atom stereocenters. The van der Waals surface area contributed by atoms with Gasteiger partial charge in [0.15, 0.2) is 0 Å². The highest BCUT2D eigenvalue weighted by Crippen LogP contribution is 2.32. The Morgan fingerprint density at radius 1 is 1.53 bits per heavy atom. The third-order valence-corrected chi connectivity index (χ3v) is 3.89. The fraction of sp³-hybridized carbons (Fsp3) is 0.800. The fourth-order valence-corrected chi connectivity index (χ4v) is 2.94.